The quantitative estimate of drug-likeness (QED) is 0.842. The van der Waals surface area contributed by atoms with Crippen molar-refractivity contribution in [3.05, 3.63) is 29.6 Å². The first kappa shape index (κ1) is 14.4. The Labute approximate surface area is 120 Å². The SMILES string of the molecule is COCCn1c(CC2CC2)nc2cc(C(F)(F)F)ccc21. The molecule has 1 aliphatic carbocycles. The smallest absolute Gasteiger partial charge is 0.383 e. The highest BCUT2D eigenvalue weighted by Gasteiger charge is 2.31. The molecule has 114 valence electrons. The van der Waals surface area contributed by atoms with Crippen LogP contribution >= 0.6 is 0 Å². The van der Waals surface area contributed by atoms with E-state index < -0.39 is 11.7 Å². The van der Waals surface area contributed by atoms with Gasteiger partial charge in [-0.3, -0.25) is 0 Å². The van der Waals surface area contributed by atoms with Crippen molar-refractivity contribution in [2.24, 2.45) is 5.92 Å². The number of alkyl halides is 3. The van der Waals surface area contributed by atoms with Crippen molar-refractivity contribution in [3.63, 3.8) is 0 Å². The molecule has 0 radical (unpaired) electrons. The van der Waals surface area contributed by atoms with Gasteiger partial charge in [0.1, 0.15) is 5.82 Å². The maximum atomic E-state index is 12.8. The fraction of sp³-hybridized carbons (Fsp3) is 0.533. The second-order valence-electron chi connectivity index (χ2n) is 5.52. The lowest BCUT2D eigenvalue weighted by Crippen LogP contribution is -2.09. The summed E-state index contributed by atoms with van der Waals surface area (Å²) in [5.41, 5.74) is 0.511. The minimum atomic E-state index is -4.33. The zero-order chi connectivity index (χ0) is 15.0. The number of ether oxygens (including phenoxy) is 1. The molecule has 0 aliphatic heterocycles. The van der Waals surface area contributed by atoms with Gasteiger partial charge in [-0.2, -0.15) is 13.2 Å². The highest BCUT2D eigenvalue weighted by Crippen LogP contribution is 2.35. The summed E-state index contributed by atoms with van der Waals surface area (Å²) in [5, 5.41) is 0. The summed E-state index contributed by atoms with van der Waals surface area (Å²) in [5.74, 6) is 1.49. The van der Waals surface area contributed by atoms with E-state index in [0.29, 0.717) is 24.6 Å². The number of fused-ring (bicyclic) bond motifs is 1. The Morgan fingerprint density at radius 1 is 1.33 bits per heavy atom. The molecule has 1 aromatic heterocycles. The number of methoxy groups -OCH3 is 1. The summed E-state index contributed by atoms with van der Waals surface area (Å²) in [4.78, 5) is 4.43. The number of aromatic nitrogens is 2. The average Bonchev–Trinajstić information content (AvgIpc) is 3.16. The molecule has 0 bridgehead atoms. The molecule has 1 heterocycles. The first-order chi connectivity index (χ1) is 9.99. The lowest BCUT2D eigenvalue weighted by Gasteiger charge is -2.09. The normalized spacial score (nSPS) is 15.8. The van der Waals surface area contributed by atoms with Crippen molar-refractivity contribution in [3.8, 4) is 0 Å². The lowest BCUT2D eigenvalue weighted by molar-refractivity contribution is -0.137. The van der Waals surface area contributed by atoms with Gasteiger partial charge in [0.25, 0.3) is 0 Å². The number of imidazole rings is 1. The number of hydrogen-bond donors (Lipinski definition) is 0. The molecule has 0 N–H and O–H groups in total. The molecular weight excluding hydrogens is 281 g/mol. The van der Waals surface area contributed by atoms with Gasteiger partial charge < -0.3 is 9.30 Å². The van der Waals surface area contributed by atoms with Gasteiger partial charge in [-0.25, -0.2) is 4.98 Å². The Bertz CT molecular complexity index is 644. The second-order valence-corrected chi connectivity index (χ2v) is 5.52. The van der Waals surface area contributed by atoms with Crippen molar-refractivity contribution < 1.29 is 17.9 Å². The third-order valence-electron chi connectivity index (χ3n) is 3.84. The predicted octanol–water partition coefficient (Wildman–Crippen LogP) is 3.65. The molecule has 0 saturated heterocycles. The fourth-order valence-electron chi connectivity index (χ4n) is 2.52. The van der Waals surface area contributed by atoms with Crippen molar-refractivity contribution in [1.82, 2.24) is 9.55 Å². The Morgan fingerprint density at radius 2 is 2.10 bits per heavy atom. The topological polar surface area (TPSA) is 27.1 Å². The average molecular weight is 298 g/mol. The van der Waals surface area contributed by atoms with Crippen LogP contribution in [0.25, 0.3) is 11.0 Å². The Hall–Kier alpha value is -1.56. The molecule has 1 aliphatic rings. The second kappa shape index (κ2) is 5.33. The van der Waals surface area contributed by atoms with Crippen LogP contribution in [0.15, 0.2) is 18.2 Å². The van der Waals surface area contributed by atoms with Crippen molar-refractivity contribution in [2.75, 3.05) is 13.7 Å². The van der Waals surface area contributed by atoms with E-state index >= 15 is 0 Å². The lowest BCUT2D eigenvalue weighted by atomic mass is 10.2. The van der Waals surface area contributed by atoms with Gasteiger partial charge in [-0.15, -0.1) is 0 Å². The molecule has 1 aromatic carbocycles. The molecule has 1 fully saturated rings. The van der Waals surface area contributed by atoms with Crippen molar-refractivity contribution in [1.29, 1.82) is 0 Å². The molecule has 0 unspecified atom stereocenters. The standard InChI is InChI=1S/C15H17F3N2O/c1-21-7-6-20-13-5-4-11(15(16,17)18)9-12(13)19-14(20)8-10-2-3-10/h4-5,9-10H,2-3,6-8H2,1H3. The predicted molar refractivity (Wildman–Crippen MR) is 73.0 cm³/mol. The van der Waals surface area contributed by atoms with Crippen LogP contribution in [0, 0.1) is 5.92 Å². The number of halogens is 3. The summed E-state index contributed by atoms with van der Waals surface area (Å²) < 4.78 is 45.4. The largest absolute Gasteiger partial charge is 0.416 e. The molecule has 6 heteroatoms. The van der Waals surface area contributed by atoms with Crippen LogP contribution < -0.4 is 0 Å². The molecule has 0 spiro atoms. The fourth-order valence-corrected chi connectivity index (χ4v) is 2.52. The monoisotopic (exact) mass is 298 g/mol. The summed E-state index contributed by atoms with van der Waals surface area (Å²) in [6.07, 6.45) is -1.14. The number of hydrogen-bond acceptors (Lipinski definition) is 2. The van der Waals surface area contributed by atoms with Gasteiger partial charge in [0, 0.05) is 20.1 Å². The van der Waals surface area contributed by atoms with Crippen LogP contribution in [-0.4, -0.2) is 23.3 Å². The van der Waals surface area contributed by atoms with Crippen LogP contribution in [0.1, 0.15) is 24.2 Å². The van der Waals surface area contributed by atoms with Gasteiger partial charge in [0.15, 0.2) is 0 Å². The highest BCUT2D eigenvalue weighted by molar-refractivity contribution is 5.77. The van der Waals surface area contributed by atoms with Gasteiger partial charge in [0.2, 0.25) is 0 Å². The van der Waals surface area contributed by atoms with E-state index in [1.54, 1.807) is 7.11 Å². The summed E-state index contributed by atoms with van der Waals surface area (Å²) in [6, 6.07) is 3.76. The molecule has 0 atom stereocenters. The van der Waals surface area contributed by atoms with Gasteiger partial charge >= 0.3 is 6.18 Å². The number of rotatable bonds is 5. The molecule has 3 nitrogen and oxygen atoms in total. The van der Waals surface area contributed by atoms with E-state index in [4.69, 9.17) is 4.74 Å². The van der Waals surface area contributed by atoms with E-state index in [2.05, 4.69) is 4.98 Å². The zero-order valence-corrected chi connectivity index (χ0v) is 11.8. The van der Waals surface area contributed by atoms with Crippen LogP contribution in [0.4, 0.5) is 13.2 Å². The van der Waals surface area contributed by atoms with Crippen LogP contribution in [0.3, 0.4) is 0 Å². The van der Waals surface area contributed by atoms with Crippen LogP contribution in [0.5, 0.6) is 0 Å². The maximum Gasteiger partial charge on any atom is 0.416 e. The molecule has 2 aromatic rings. The summed E-state index contributed by atoms with van der Waals surface area (Å²) in [7, 11) is 1.61. The zero-order valence-electron chi connectivity index (χ0n) is 11.8. The molecule has 0 amide bonds. The Balaban J connectivity index is 2.02. The number of benzene rings is 1. The highest BCUT2D eigenvalue weighted by atomic mass is 19.4. The summed E-state index contributed by atoms with van der Waals surface area (Å²) in [6.45, 7) is 1.13. The van der Waals surface area contributed by atoms with E-state index in [0.717, 1.165) is 29.9 Å². The molecular formula is C15H17F3N2O. The van der Waals surface area contributed by atoms with Crippen LogP contribution in [0.2, 0.25) is 0 Å². The van der Waals surface area contributed by atoms with E-state index in [-0.39, 0.29) is 0 Å². The van der Waals surface area contributed by atoms with Crippen molar-refractivity contribution in [2.45, 2.75) is 32.0 Å². The minimum absolute atomic E-state index is 0.413. The molecule has 3 rings (SSSR count). The summed E-state index contributed by atoms with van der Waals surface area (Å²) >= 11 is 0. The van der Waals surface area contributed by atoms with Gasteiger partial charge in [0.05, 0.1) is 23.2 Å². The Morgan fingerprint density at radius 3 is 2.71 bits per heavy atom. The Kier molecular flexibility index (Phi) is 3.65. The third kappa shape index (κ3) is 3.05. The van der Waals surface area contributed by atoms with Gasteiger partial charge in [-0.05, 0) is 37.0 Å². The van der Waals surface area contributed by atoms with E-state index in [1.807, 2.05) is 4.57 Å². The van der Waals surface area contributed by atoms with Gasteiger partial charge in [-0.1, -0.05) is 0 Å². The maximum absolute atomic E-state index is 12.8. The van der Waals surface area contributed by atoms with E-state index in [9.17, 15) is 13.2 Å². The minimum Gasteiger partial charge on any atom is -0.383 e. The molecule has 21 heavy (non-hydrogen) atoms. The first-order valence-corrected chi connectivity index (χ1v) is 7.04. The third-order valence-corrected chi connectivity index (χ3v) is 3.84. The van der Waals surface area contributed by atoms with Crippen LogP contribution in [-0.2, 0) is 23.9 Å². The van der Waals surface area contributed by atoms with Crippen molar-refractivity contribution >= 4 is 11.0 Å². The molecule has 1 saturated carbocycles. The first-order valence-electron chi connectivity index (χ1n) is 7.04. The van der Waals surface area contributed by atoms with E-state index in [1.165, 1.54) is 18.9 Å². The number of nitrogens with zero attached hydrogens (tertiary/aromatic N) is 2.